The Morgan fingerprint density at radius 1 is 1.06 bits per heavy atom. The smallest absolute Gasteiger partial charge is 0.187 e. The Morgan fingerprint density at radius 3 is 2.64 bits per heavy atom. The van der Waals surface area contributed by atoms with Crippen LogP contribution in [0.2, 0.25) is 0 Å². The van der Waals surface area contributed by atoms with E-state index in [-0.39, 0.29) is 35.3 Å². The maximum atomic E-state index is 15.5. The molecule has 3 aromatic rings. The predicted octanol–water partition coefficient (Wildman–Crippen LogP) is 5.45. The van der Waals surface area contributed by atoms with E-state index >= 15 is 4.39 Å². The third kappa shape index (κ3) is 4.40. The van der Waals surface area contributed by atoms with Gasteiger partial charge in [0, 0.05) is 11.6 Å². The van der Waals surface area contributed by atoms with Crippen molar-refractivity contribution in [2.45, 2.75) is 68.4 Å². The SMILES string of the molecule is CSc1ncc(F)c(-c2ccc(-c3ncc(N(C4CC4)[C@H]4C[C@@H]5CCC[C@@H](C5)[C@H]4F)nn3)c(O)c2)n1. The molecule has 188 valence electrons. The third-order valence-electron chi connectivity index (χ3n) is 7.74. The van der Waals surface area contributed by atoms with Crippen LogP contribution in [0.5, 0.6) is 5.75 Å². The number of phenols is 1. The normalized spacial score (nSPS) is 25.5. The van der Waals surface area contributed by atoms with Crippen LogP contribution in [0.25, 0.3) is 22.6 Å². The molecule has 6 rings (SSSR count). The molecule has 3 fully saturated rings. The van der Waals surface area contributed by atoms with Crippen molar-refractivity contribution in [1.82, 2.24) is 25.1 Å². The molecule has 2 aromatic heterocycles. The van der Waals surface area contributed by atoms with Crippen LogP contribution in [0.4, 0.5) is 14.6 Å². The molecule has 1 aromatic carbocycles. The molecule has 4 atom stereocenters. The van der Waals surface area contributed by atoms with Crippen LogP contribution in [0, 0.1) is 17.7 Å². The number of alkyl halides is 1. The second-order valence-corrected chi connectivity index (χ2v) is 10.9. The number of aromatic hydroxyl groups is 1. The van der Waals surface area contributed by atoms with Crippen LogP contribution in [0.1, 0.15) is 44.9 Å². The minimum atomic E-state index is -0.853. The molecule has 2 heterocycles. The van der Waals surface area contributed by atoms with Gasteiger partial charge >= 0.3 is 0 Å². The number of phenolic OH excluding ortho intramolecular Hbond substituents is 1. The van der Waals surface area contributed by atoms with Gasteiger partial charge < -0.3 is 10.0 Å². The van der Waals surface area contributed by atoms with Gasteiger partial charge in [0.1, 0.15) is 17.6 Å². The van der Waals surface area contributed by atoms with Gasteiger partial charge in [-0.1, -0.05) is 30.7 Å². The summed E-state index contributed by atoms with van der Waals surface area (Å²) < 4.78 is 29.8. The number of fused-ring (bicyclic) bond motifs is 2. The quantitative estimate of drug-likeness (QED) is 0.346. The van der Waals surface area contributed by atoms with Gasteiger partial charge in [-0.2, -0.15) is 0 Å². The summed E-state index contributed by atoms with van der Waals surface area (Å²) in [6.07, 6.45) is 10.9. The molecule has 1 N–H and O–H groups in total. The van der Waals surface area contributed by atoms with E-state index in [1.807, 2.05) is 6.26 Å². The van der Waals surface area contributed by atoms with Crippen LogP contribution < -0.4 is 4.90 Å². The van der Waals surface area contributed by atoms with Crippen molar-refractivity contribution in [3.63, 3.8) is 0 Å². The largest absolute Gasteiger partial charge is 0.507 e. The Labute approximate surface area is 212 Å². The lowest BCUT2D eigenvalue weighted by atomic mass is 9.69. The van der Waals surface area contributed by atoms with Crippen molar-refractivity contribution in [2.24, 2.45) is 11.8 Å². The van der Waals surface area contributed by atoms with E-state index in [9.17, 15) is 9.50 Å². The minimum Gasteiger partial charge on any atom is -0.507 e. The molecule has 2 bridgehead atoms. The van der Waals surface area contributed by atoms with Crippen LogP contribution in [0.3, 0.4) is 0 Å². The van der Waals surface area contributed by atoms with Gasteiger partial charge in [-0.25, -0.2) is 23.7 Å². The molecule has 3 aliphatic carbocycles. The summed E-state index contributed by atoms with van der Waals surface area (Å²) in [4.78, 5) is 14.7. The Balaban J connectivity index is 1.26. The third-order valence-corrected chi connectivity index (χ3v) is 8.31. The standard InChI is InChI=1S/C26H28F2N6OS/c1-36-26-30-12-19(27)24(31-26)16-5-8-18(21(35)11-16)25-29-13-22(32-33-25)34(17-6-7-17)20-10-14-3-2-4-15(9-14)23(20)28/h5,8,11-15,17,20,23,35H,2-4,6-7,9-10H2,1H3/t14-,15+,20+,23-/m1/s1. The second kappa shape index (κ2) is 9.53. The fraction of sp³-hybridized carbons (Fsp3) is 0.500. The lowest BCUT2D eigenvalue weighted by Gasteiger charge is -2.46. The van der Waals surface area contributed by atoms with E-state index in [4.69, 9.17) is 0 Å². The van der Waals surface area contributed by atoms with Crippen molar-refractivity contribution in [3.05, 3.63) is 36.4 Å². The zero-order chi connectivity index (χ0) is 24.8. The lowest BCUT2D eigenvalue weighted by Crippen LogP contribution is -2.52. The number of anilines is 1. The highest BCUT2D eigenvalue weighted by Gasteiger charge is 2.46. The molecule has 3 saturated carbocycles. The van der Waals surface area contributed by atoms with Gasteiger partial charge in [-0.15, -0.1) is 10.2 Å². The Morgan fingerprint density at radius 2 is 1.92 bits per heavy atom. The summed E-state index contributed by atoms with van der Waals surface area (Å²) in [5.41, 5.74) is 0.919. The predicted molar refractivity (Wildman–Crippen MR) is 134 cm³/mol. The van der Waals surface area contributed by atoms with Gasteiger partial charge in [-0.3, -0.25) is 0 Å². The fourth-order valence-electron chi connectivity index (χ4n) is 5.90. The molecule has 0 aliphatic heterocycles. The molecule has 36 heavy (non-hydrogen) atoms. The average Bonchev–Trinajstić information content (AvgIpc) is 3.73. The van der Waals surface area contributed by atoms with Gasteiger partial charge in [0.15, 0.2) is 22.6 Å². The molecule has 3 aliphatic rings. The van der Waals surface area contributed by atoms with Crippen molar-refractivity contribution in [1.29, 1.82) is 0 Å². The first-order valence-corrected chi connectivity index (χ1v) is 13.8. The van der Waals surface area contributed by atoms with Gasteiger partial charge in [0.05, 0.1) is 24.0 Å². The summed E-state index contributed by atoms with van der Waals surface area (Å²) in [6.45, 7) is 0. The average molecular weight is 511 g/mol. The van der Waals surface area contributed by atoms with E-state index in [1.165, 1.54) is 24.2 Å². The summed E-state index contributed by atoms with van der Waals surface area (Å²) >= 11 is 1.31. The second-order valence-electron chi connectivity index (χ2n) is 10.1. The number of rotatable bonds is 6. The molecule has 0 spiro atoms. The van der Waals surface area contributed by atoms with Crippen molar-refractivity contribution in [3.8, 4) is 28.4 Å². The van der Waals surface area contributed by atoms with Gasteiger partial charge in [-0.05, 0) is 62.3 Å². The molecule has 10 heteroatoms. The maximum Gasteiger partial charge on any atom is 0.187 e. The Bertz CT molecular complexity index is 1260. The zero-order valence-electron chi connectivity index (χ0n) is 20.0. The first-order valence-electron chi connectivity index (χ1n) is 12.5. The molecule has 0 radical (unpaired) electrons. The highest BCUT2D eigenvalue weighted by Crippen LogP contribution is 2.46. The summed E-state index contributed by atoms with van der Waals surface area (Å²) in [5.74, 6) is 0.908. The fourth-order valence-corrected chi connectivity index (χ4v) is 6.24. The number of halogens is 2. The first-order chi connectivity index (χ1) is 17.5. The summed E-state index contributed by atoms with van der Waals surface area (Å²) in [6, 6.07) is 4.83. The van der Waals surface area contributed by atoms with E-state index in [2.05, 4.69) is 30.0 Å². The van der Waals surface area contributed by atoms with E-state index in [0.29, 0.717) is 28.0 Å². The molecule has 0 saturated heterocycles. The highest BCUT2D eigenvalue weighted by atomic mass is 32.2. The number of benzene rings is 1. The molecule has 7 nitrogen and oxygen atoms in total. The molecular formula is C26H28F2N6OS. The number of nitrogens with zero attached hydrogens (tertiary/aromatic N) is 6. The van der Waals surface area contributed by atoms with Crippen molar-refractivity contribution >= 4 is 17.6 Å². The molecule has 0 unspecified atom stereocenters. The zero-order valence-corrected chi connectivity index (χ0v) is 20.8. The Hall–Kier alpha value is -2.88. The summed E-state index contributed by atoms with van der Waals surface area (Å²) in [5, 5.41) is 19.9. The first kappa shape index (κ1) is 23.5. The van der Waals surface area contributed by atoms with Gasteiger partial charge in [0.25, 0.3) is 0 Å². The van der Waals surface area contributed by atoms with Crippen molar-refractivity contribution < 1.29 is 13.9 Å². The molecule has 0 amide bonds. The van der Waals surface area contributed by atoms with E-state index in [0.717, 1.165) is 44.7 Å². The minimum absolute atomic E-state index is 0.103. The number of hydrogen-bond acceptors (Lipinski definition) is 8. The number of hydrogen-bond donors (Lipinski definition) is 1. The van der Waals surface area contributed by atoms with Crippen LogP contribution >= 0.6 is 11.8 Å². The monoisotopic (exact) mass is 510 g/mol. The highest BCUT2D eigenvalue weighted by molar-refractivity contribution is 7.98. The topological polar surface area (TPSA) is 87.9 Å². The lowest BCUT2D eigenvalue weighted by molar-refractivity contribution is 0.0631. The summed E-state index contributed by atoms with van der Waals surface area (Å²) in [7, 11) is 0. The maximum absolute atomic E-state index is 15.5. The van der Waals surface area contributed by atoms with Crippen LogP contribution in [-0.4, -0.2) is 54.8 Å². The number of thioether (sulfide) groups is 1. The molecular weight excluding hydrogens is 482 g/mol. The number of aromatic nitrogens is 5. The van der Waals surface area contributed by atoms with Gasteiger partial charge in [0.2, 0.25) is 0 Å². The van der Waals surface area contributed by atoms with E-state index in [1.54, 1.807) is 18.3 Å². The van der Waals surface area contributed by atoms with Crippen molar-refractivity contribution in [2.75, 3.05) is 11.2 Å². The van der Waals surface area contributed by atoms with Crippen LogP contribution in [0.15, 0.2) is 35.7 Å². The Kier molecular flexibility index (Phi) is 6.23. The van der Waals surface area contributed by atoms with Crippen LogP contribution in [-0.2, 0) is 0 Å². The van der Waals surface area contributed by atoms with E-state index < -0.39 is 12.0 Å².